The van der Waals surface area contributed by atoms with Gasteiger partial charge in [0, 0.05) is 19.3 Å². The predicted molar refractivity (Wildman–Crippen MR) is 63.4 cm³/mol. The molecule has 0 bridgehead atoms. The topological polar surface area (TPSA) is 44.8 Å². The second kappa shape index (κ2) is 3.51. The van der Waals surface area contributed by atoms with E-state index in [2.05, 4.69) is 0 Å². The van der Waals surface area contributed by atoms with Gasteiger partial charge in [-0.2, -0.15) is 0 Å². The lowest BCUT2D eigenvalue weighted by Gasteiger charge is -2.08. The van der Waals surface area contributed by atoms with Crippen molar-refractivity contribution in [3.63, 3.8) is 0 Å². The highest BCUT2D eigenvalue weighted by molar-refractivity contribution is 6.24. The van der Waals surface area contributed by atoms with Gasteiger partial charge in [-0.25, -0.2) is 0 Å². The SMILES string of the molecule is O=C1CCC2=C1c1cc3c(cc1CCO2)OCO3. The summed E-state index contributed by atoms with van der Waals surface area (Å²) >= 11 is 0. The van der Waals surface area contributed by atoms with Crippen LogP contribution in [0.4, 0.5) is 0 Å². The van der Waals surface area contributed by atoms with Crippen LogP contribution in [0, 0.1) is 0 Å². The zero-order valence-corrected chi connectivity index (χ0v) is 9.82. The molecule has 4 nitrogen and oxygen atoms in total. The van der Waals surface area contributed by atoms with Gasteiger partial charge in [-0.05, 0) is 23.3 Å². The van der Waals surface area contributed by atoms with Crippen LogP contribution in [-0.2, 0) is 16.0 Å². The number of carbonyl (C=O) groups excluding carboxylic acids is 1. The van der Waals surface area contributed by atoms with E-state index in [9.17, 15) is 4.79 Å². The van der Waals surface area contributed by atoms with Crippen molar-refractivity contribution in [2.24, 2.45) is 0 Å². The van der Waals surface area contributed by atoms with Crippen molar-refractivity contribution in [1.82, 2.24) is 0 Å². The number of rotatable bonds is 0. The van der Waals surface area contributed by atoms with Crippen molar-refractivity contribution in [1.29, 1.82) is 0 Å². The highest BCUT2D eigenvalue weighted by Gasteiger charge is 2.31. The number of ether oxygens (including phenoxy) is 3. The van der Waals surface area contributed by atoms with E-state index in [4.69, 9.17) is 14.2 Å². The minimum absolute atomic E-state index is 0.173. The number of hydrogen-bond donors (Lipinski definition) is 0. The molecule has 0 amide bonds. The molecule has 0 N–H and O–H groups in total. The largest absolute Gasteiger partial charge is 0.497 e. The maximum atomic E-state index is 12.0. The van der Waals surface area contributed by atoms with Gasteiger partial charge < -0.3 is 14.2 Å². The minimum atomic E-state index is 0.173. The summed E-state index contributed by atoms with van der Waals surface area (Å²) in [4.78, 5) is 12.0. The van der Waals surface area contributed by atoms with Crippen molar-refractivity contribution >= 4 is 11.4 Å². The van der Waals surface area contributed by atoms with Gasteiger partial charge in [0.2, 0.25) is 6.79 Å². The second-order valence-electron chi connectivity index (χ2n) is 4.68. The van der Waals surface area contributed by atoms with Gasteiger partial charge in [-0.1, -0.05) is 0 Å². The quantitative estimate of drug-likeness (QED) is 0.700. The third kappa shape index (κ3) is 1.29. The molecular weight excluding hydrogens is 232 g/mol. The molecule has 1 aromatic rings. The zero-order valence-electron chi connectivity index (χ0n) is 9.82. The molecule has 1 aromatic carbocycles. The first-order chi connectivity index (χ1) is 8.83. The van der Waals surface area contributed by atoms with E-state index in [1.165, 1.54) is 0 Å². The Labute approximate surface area is 104 Å². The normalized spacial score (nSPS) is 20.3. The first kappa shape index (κ1) is 10.00. The monoisotopic (exact) mass is 244 g/mol. The standard InChI is InChI=1S/C14H12O4/c15-10-1-2-11-14(10)9-6-13-12(17-7-18-13)5-8(9)3-4-16-11/h5-6H,1-4,7H2. The van der Waals surface area contributed by atoms with Gasteiger partial charge in [0.15, 0.2) is 17.3 Å². The third-order valence-corrected chi connectivity index (χ3v) is 3.65. The number of ketones is 1. The van der Waals surface area contributed by atoms with E-state index in [1.54, 1.807) is 0 Å². The van der Waals surface area contributed by atoms with Gasteiger partial charge in [0.1, 0.15) is 5.76 Å². The average molecular weight is 244 g/mol. The summed E-state index contributed by atoms with van der Waals surface area (Å²) in [5.41, 5.74) is 2.83. The summed E-state index contributed by atoms with van der Waals surface area (Å²) in [7, 11) is 0. The Hall–Kier alpha value is -1.97. The van der Waals surface area contributed by atoms with E-state index in [0.29, 0.717) is 13.0 Å². The number of hydrogen-bond acceptors (Lipinski definition) is 4. The fourth-order valence-corrected chi connectivity index (χ4v) is 2.79. The molecule has 0 fully saturated rings. The van der Waals surface area contributed by atoms with Crippen molar-refractivity contribution in [2.75, 3.05) is 13.4 Å². The van der Waals surface area contributed by atoms with E-state index in [0.717, 1.165) is 46.8 Å². The molecular formula is C14H12O4. The molecule has 0 atom stereocenters. The lowest BCUT2D eigenvalue weighted by atomic mass is 9.96. The summed E-state index contributed by atoms with van der Waals surface area (Å²) in [5, 5.41) is 0. The van der Waals surface area contributed by atoms with Crippen molar-refractivity contribution in [3.8, 4) is 11.5 Å². The van der Waals surface area contributed by atoms with Crippen LogP contribution >= 0.6 is 0 Å². The summed E-state index contributed by atoms with van der Waals surface area (Å²) in [6.45, 7) is 0.882. The molecule has 2 aliphatic heterocycles. The Morgan fingerprint density at radius 2 is 1.78 bits per heavy atom. The molecule has 3 aliphatic rings. The van der Waals surface area contributed by atoms with E-state index in [1.807, 2.05) is 12.1 Å². The first-order valence-electron chi connectivity index (χ1n) is 6.15. The molecule has 4 rings (SSSR count). The number of allylic oxidation sites excluding steroid dienone is 2. The number of Topliss-reactive ketones (excluding diaryl/α,β-unsaturated/α-hetero) is 1. The third-order valence-electron chi connectivity index (χ3n) is 3.65. The van der Waals surface area contributed by atoms with E-state index < -0.39 is 0 Å². The molecule has 0 saturated heterocycles. The summed E-state index contributed by atoms with van der Waals surface area (Å²) in [6.07, 6.45) is 2.08. The molecule has 2 heterocycles. The molecule has 92 valence electrons. The first-order valence-corrected chi connectivity index (χ1v) is 6.15. The predicted octanol–water partition coefficient (Wildman–Crippen LogP) is 2.06. The molecule has 0 saturated carbocycles. The number of carbonyl (C=O) groups is 1. The Morgan fingerprint density at radius 3 is 2.67 bits per heavy atom. The summed E-state index contributed by atoms with van der Waals surface area (Å²) in [6, 6.07) is 3.90. The molecule has 0 spiro atoms. The second-order valence-corrected chi connectivity index (χ2v) is 4.68. The molecule has 0 radical (unpaired) electrons. The van der Waals surface area contributed by atoms with E-state index >= 15 is 0 Å². The lowest BCUT2D eigenvalue weighted by Crippen LogP contribution is -2.00. The molecule has 18 heavy (non-hydrogen) atoms. The van der Waals surface area contributed by atoms with Gasteiger partial charge in [0.05, 0.1) is 12.2 Å². The van der Waals surface area contributed by atoms with E-state index in [-0.39, 0.29) is 12.6 Å². The van der Waals surface area contributed by atoms with Gasteiger partial charge in [-0.15, -0.1) is 0 Å². The van der Waals surface area contributed by atoms with Crippen LogP contribution in [0.15, 0.2) is 17.9 Å². The maximum absolute atomic E-state index is 12.0. The van der Waals surface area contributed by atoms with Crippen LogP contribution in [0.25, 0.3) is 5.57 Å². The van der Waals surface area contributed by atoms with Gasteiger partial charge in [0.25, 0.3) is 0 Å². The fourth-order valence-electron chi connectivity index (χ4n) is 2.79. The highest BCUT2D eigenvalue weighted by Crippen LogP contribution is 2.42. The molecule has 0 aromatic heterocycles. The fraction of sp³-hybridized carbons (Fsp3) is 0.357. The minimum Gasteiger partial charge on any atom is -0.497 e. The zero-order chi connectivity index (χ0) is 12.1. The van der Waals surface area contributed by atoms with Gasteiger partial charge in [-0.3, -0.25) is 4.79 Å². The Bertz CT molecular complexity index is 586. The van der Waals surface area contributed by atoms with Crippen LogP contribution in [0.1, 0.15) is 24.0 Å². The Morgan fingerprint density at radius 1 is 0.944 bits per heavy atom. The van der Waals surface area contributed by atoms with Crippen molar-refractivity contribution in [3.05, 3.63) is 29.0 Å². The number of benzene rings is 1. The summed E-state index contributed by atoms with van der Waals surface area (Å²) < 4.78 is 16.5. The van der Waals surface area contributed by atoms with Crippen molar-refractivity contribution < 1.29 is 19.0 Å². The van der Waals surface area contributed by atoms with Crippen LogP contribution in [0.3, 0.4) is 0 Å². The molecule has 0 unspecified atom stereocenters. The van der Waals surface area contributed by atoms with Gasteiger partial charge >= 0.3 is 0 Å². The smallest absolute Gasteiger partial charge is 0.231 e. The van der Waals surface area contributed by atoms with Crippen LogP contribution < -0.4 is 9.47 Å². The lowest BCUT2D eigenvalue weighted by molar-refractivity contribution is -0.113. The van der Waals surface area contributed by atoms with Crippen LogP contribution in [0.2, 0.25) is 0 Å². The van der Waals surface area contributed by atoms with Crippen molar-refractivity contribution in [2.45, 2.75) is 19.3 Å². The molecule has 1 aliphatic carbocycles. The molecule has 4 heteroatoms. The average Bonchev–Trinajstić information content (AvgIpc) is 2.90. The highest BCUT2D eigenvalue weighted by atomic mass is 16.7. The van der Waals surface area contributed by atoms with Crippen LogP contribution in [-0.4, -0.2) is 19.2 Å². The summed E-state index contributed by atoms with van der Waals surface area (Å²) in [5.74, 6) is 2.51. The Balaban J connectivity index is 1.94. The maximum Gasteiger partial charge on any atom is 0.231 e. The van der Waals surface area contributed by atoms with Crippen LogP contribution in [0.5, 0.6) is 11.5 Å². The number of fused-ring (bicyclic) bond motifs is 3. The Kier molecular flexibility index (Phi) is 1.95.